The minimum Gasteiger partial charge on any atom is -0.488 e. The summed E-state index contributed by atoms with van der Waals surface area (Å²) in [6.07, 6.45) is 6.56. The zero-order chi connectivity index (χ0) is 16.9. The molecule has 0 saturated heterocycles. The van der Waals surface area contributed by atoms with Gasteiger partial charge in [-0.3, -0.25) is 0 Å². The van der Waals surface area contributed by atoms with Crippen LogP contribution in [0.5, 0.6) is 5.75 Å². The molecule has 3 rings (SSSR count). The summed E-state index contributed by atoms with van der Waals surface area (Å²) in [5, 5.41) is 0. The van der Waals surface area contributed by atoms with E-state index in [4.69, 9.17) is 10.5 Å². The van der Waals surface area contributed by atoms with Crippen LogP contribution in [0.4, 0.5) is 0 Å². The second-order valence-electron chi connectivity index (χ2n) is 7.18. The first-order chi connectivity index (χ1) is 11.6. The topological polar surface area (TPSA) is 35.2 Å². The molecule has 0 amide bonds. The molecule has 136 valence electrons. The number of hydrogen-bond acceptors (Lipinski definition) is 2. The van der Waals surface area contributed by atoms with Gasteiger partial charge in [-0.05, 0) is 54.9 Å². The van der Waals surface area contributed by atoms with Gasteiger partial charge in [-0.25, -0.2) is 0 Å². The summed E-state index contributed by atoms with van der Waals surface area (Å²) < 4.78 is 6.09. The van der Waals surface area contributed by atoms with E-state index < -0.39 is 0 Å². The Morgan fingerprint density at radius 2 is 1.60 bits per heavy atom. The fourth-order valence-electron chi connectivity index (χ4n) is 3.90. The Kier molecular flexibility index (Phi) is 7.34. The van der Waals surface area contributed by atoms with Crippen LogP contribution < -0.4 is 10.5 Å². The van der Waals surface area contributed by atoms with E-state index in [1.807, 2.05) is 18.2 Å². The summed E-state index contributed by atoms with van der Waals surface area (Å²) >= 11 is 0. The van der Waals surface area contributed by atoms with Crippen molar-refractivity contribution < 1.29 is 4.74 Å². The van der Waals surface area contributed by atoms with Crippen molar-refractivity contribution in [1.82, 2.24) is 0 Å². The van der Waals surface area contributed by atoms with Crippen LogP contribution in [0.3, 0.4) is 0 Å². The van der Waals surface area contributed by atoms with E-state index in [0.717, 1.165) is 5.75 Å². The molecule has 0 heterocycles. The predicted octanol–water partition coefficient (Wildman–Crippen LogP) is 5.88. The molecule has 0 unspecified atom stereocenters. The maximum Gasteiger partial charge on any atom is 0.125 e. The van der Waals surface area contributed by atoms with Crippen LogP contribution in [-0.4, -0.2) is 0 Å². The van der Waals surface area contributed by atoms with E-state index in [-0.39, 0.29) is 18.4 Å². The first-order valence-corrected chi connectivity index (χ1v) is 9.18. The number of nitrogens with two attached hydrogens (primary N) is 1. The van der Waals surface area contributed by atoms with E-state index >= 15 is 0 Å². The van der Waals surface area contributed by atoms with Gasteiger partial charge in [-0.2, -0.15) is 0 Å². The molecule has 0 bridgehead atoms. The fourth-order valence-corrected chi connectivity index (χ4v) is 3.90. The molecule has 0 aliphatic heterocycles. The van der Waals surface area contributed by atoms with Gasteiger partial charge in [0.25, 0.3) is 0 Å². The van der Waals surface area contributed by atoms with Crippen LogP contribution in [0.25, 0.3) is 0 Å². The molecule has 2 nitrogen and oxygen atoms in total. The Bertz CT molecular complexity index is 642. The zero-order valence-corrected chi connectivity index (χ0v) is 16.1. The molecule has 1 aliphatic rings. The van der Waals surface area contributed by atoms with Gasteiger partial charge in [-0.1, -0.05) is 61.7 Å². The first-order valence-electron chi connectivity index (χ1n) is 9.18. The third kappa shape index (κ3) is 4.99. The molecule has 1 aliphatic carbocycles. The van der Waals surface area contributed by atoms with Crippen molar-refractivity contribution in [3.8, 4) is 5.75 Å². The SMILES string of the molecule is Cc1cc([C@@H](N)C2CCCCC2)cc(C)c1OCc1ccccc1.Cl. The number of hydrogen-bond donors (Lipinski definition) is 1. The lowest BCUT2D eigenvalue weighted by Crippen LogP contribution is -2.23. The second-order valence-corrected chi connectivity index (χ2v) is 7.18. The van der Waals surface area contributed by atoms with Crippen LogP contribution in [0.1, 0.15) is 60.4 Å². The third-order valence-corrected chi connectivity index (χ3v) is 5.25. The molecular weight excluding hydrogens is 330 g/mol. The Balaban J connectivity index is 0.00000225. The molecule has 1 saturated carbocycles. The standard InChI is InChI=1S/C22H29NO.ClH/c1-16-13-20(21(23)19-11-7-4-8-12-19)14-17(2)22(16)24-15-18-9-5-3-6-10-18;/h3,5-6,9-10,13-14,19,21H,4,7-8,11-12,15,23H2,1-2H3;1H/t21-;/m0./s1. The quantitative estimate of drug-likeness (QED) is 0.722. The molecule has 0 aromatic heterocycles. The van der Waals surface area contributed by atoms with Gasteiger partial charge in [0, 0.05) is 6.04 Å². The molecule has 2 aromatic rings. The molecular formula is C22H30ClNO. The van der Waals surface area contributed by atoms with Crippen LogP contribution in [0.15, 0.2) is 42.5 Å². The first kappa shape index (κ1) is 19.8. The fraction of sp³-hybridized carbons (Fsp3) is 0.455. The monoisotopic (exact) mass is 359 g/mol. The lowest BCUT2D eigenvalue weighted by atomic mass is 9.81. The van der Waals surface area contributed by atoms with Crippen LogP contribution >= 0.6 is 12.4 Å². The van der Waals surface area contributed by atoms with Crippen molar-refractivity contribution in [3.05, 3.63) is 64.7 Å². The van der Waals surface area contributed by atoms with Crippen LogP contribution in [-0.2, 0) is 6.61 Å². The zero-order valence-electron chi connectivity index (χ0n) is 15.3. The summed E-state index contributed by atoms with van der Waals surface area (Å²) in [6.45, 7) is 4.87. The van der Waals surface area contributed by atoms with Crippen molar-refractivity contribution in [1.29, 1.82) is 0 Å². The Morgan fingerprint density at radius 1 is 1.00 bits per heavy atom. The largest absolute Gasteiger partial charge is 0.488 e. The van der Waals surface area contributed by atoms with Gasteiger partial charge in [0.05, 0.1) is 0 Å². The van der Waals surface area contributed by atoms with E-state index in [0.29, 0.717) is 12.5 Å². The average molecular weight is 360 g/mol. The normalized spacial score (nSPS) is 16.1. The lowest BCUT2D eigenvalue weighted by molar-refractivity contribution is 0.299. The molecule has 0 spiro atoms. The van der Waals surface area contributed by atoms with Crippen molar-refractivity contribution >= 4 is 12.4 Å². The van der Waals surface area contributed by atoms with E-state index in [2.05, 4.69) is 38.1 Å². The highest BCUT2D eigenvalue weighted by Crippen LogP contribution is 2.35. The number of aryl methyl sites for hydroxylation is 2. The maximum absolute atomic E-state index is 6.58. The minimum absolute atomic E-state index is 0. The van der Waals surface area contributed by atoms with Gasteiger partial charge in [-0.15, -0.1) is 12.4 Å². The van der Waals surface area contributed by atoms with E-state index in [9.17, 15) is 0 Å². The minimum atomic E-state index is 0. The molecule has 2 aromatic carbocycles. The summed E-state index contributed by atoms with van der Waals surface area (Å²) in [5.74, 6) is 1.63. The molecule has 2 N–H and O–H groups in total. The molecule has 25 heavy (non-hydrogen) atoms. The highest BCUT2D eigenvalue weighted by atomic mass is 35.5. The molecule has 3 heteroatoms. The van der Waals surface area contributed by atoms with Crippen molar-refractivity contribution in [2.24, 2.45) is 11.7 Å². The van der Waals surface area contributed by atoms with Crippen molar-refractivity contribution in [3.63, 3.8) is 0 Å². The Hall–Kier alpha value is -1.51. The van der Waals surface area contributed by atoms with Gasteiger partial charge >= 0.3 is 0 Å². The third-order valence-electron chi connectivity index (χ3n) is 5.25. The smallest absolute Gasteiger partial charge is 0.125 e. The van der Waals surface area contributed by atoms with Gasteiger partial charge < -0.3 is 10.5 Å². The molecule has 1 atom stereocenters. The summed E-state index contributed by atoms with van der Waals surface area (Å²) in [5.41, 5.74) is 11.4. The summed E-state index contributed by atoms with van der Waals surface area (Å²) in [6, 6.07) is 14.9. The van der Waals surface area contributed by atoms with Crippen molar-refractivity contribution in [2.45, 2.75) is 58.6 Å². The average Bonchev–Trinajstić information content (AvgIpc) is 2.62. The number of benzene rings is 2. The van der Waals surface area contributed by atoms with Crippen LogP contribution in [0, 0.1) is 19.8 Å². The predicted molar refractivity (Wildman–Crippen MR) is 107 cm³/mol. The van der Waals surface area contributed by atoms with Crippen LogP contribution in [0.2, 0.25) is 0 Å². The maximum atomic E-state index is 6.58. The number of ether oxygens (including phenoxy) is 1. The second kappa shape index (κ2) is 9.26. The van der Waals surface area contributed by atoms with E-state index in [1.54, 1.807) is 0 Å². The Morgan fingerprint density at radius 3 is 2.20 bits per heavy atom. The molecule has 1 fully saturated rings. The van der Waals surface area contributed by atoms with Crippen molar-refractivity contribution in [2.75, 3.05) is 0 Å². The summed E-state index contributed by atoms with van der Waals surface area (Å²) in [4.78, 5) is 0. The highest BCUT2D eigenvalue weighted by Gasteiger charge is 2.23. The lowest BCUT2D eigenvalue weighted by Gasteiger charge is -2.28. The summed E-state index contributed by atoms with van der Waals surface area (Å²) in [7, 11) is 0. The van der Waals surface area contributed by atoms with Gasteiger partial charge in [0.1, 0.15) is 12.4 Å². The Labute approximate surface area is 158 Å². The van der Waals surface area contributed by atoms with E-state index in [1.165, 1.54) is 54.4 Å². The highest BCUT2D eigenvalue weighted by molar-refractivity contribution is 5.85. The molecule has 0 radical (unpaired) electrons. The van der Waals surface area contributed by atoms with Gasteiger partial charge in [0.2, 0.25) is 0 Å². The van der Waals surface area contributed by atoms with Gasteiger partial charge in [0.15, 0.2) is 0 Å². The number of halogens is 1. The number of rotatable bonds is 5.